The Morgan fingerprint density at radius 2 is 1.68 bits per heavy atom. The van der Waals surface area contributed by atoms with Gasteiger partial charge in [-0.1, -0.05) is 42.5 Å². The van der Waals surface area contributed by atoms with Crippen LogP contribution in [0, 0.1) is 0 Å². The molecule has 0 spiro atoms. The Labute approximate surface area is 144 Å². The van der Waals surface area contributed by atoms with Gasteiger partial charge >= 0.3 is 7.60 Å². The van der Waals surface area contributed by atoms with Gasteiger partial charge < -0.3 is 19.6 Å². The van der Waals surface area contributed by atoms with Crippen molar-refractivity contribution >= 4 is 39.9 Å². The van der Waals surface area contributed by atoms with Crippen molar-refractivity contribution in [3.63, 3.8) is 0 Å². The zero-order valence-corrected chi connectivity index (χ0v) is 14.2. The first-order valence-corrected chi connectivity index (χ1v) is 9.75. The van der Waals surface area contributed by atoms with Crippen molar-refractivity contribution in [1.29, 1.82) is 0 Å². The molecule has 6 heteroatoms. The number of benzene rings is 4. The van der Waals surface area contributed by atoms with Crippen molar-refractivity contribution in [2.24, 2.45) is 0 Å². The molecule has 4 aromatic carbocycles. The fourth-order valence-corrected chi connectivity index (χ4v) is 4.21. The second-order valence-electron chi connectivity index (χ2n) is 6.11. The van der Waals surface area contributed by atoms with Crippen molar-refractivity contribution in [3.05, 3.63) is 54.1 Å². The molecule has 0 aliphatic carbocycles. The number of aliphatic hydroxyl groups excluding tert-OH is 1. The van der Waals surface area contributed by atoms with E-state index in [2.05, 4.69) is 0 Å². The maximum Gasteiger partial charge on any atom is 0.329 e. The summed E-state index contributed by atoms with van der Waals surface area (Å²) in [6, 6.07) is 15.3. The lowest BCUT2D eigenvalue weighted by Gasteiger charge is -2.17. The van der Waals surface area contributed by atoms with Gasteiger partial charge in [-0.15, -0.1) is 0 Å². The van der Waals surface area contributed by atoms with Gasteiger partial charge in [-0.05, 0) is 33.2 Å². The van der Waals surface area contributed by atoms with Gasteiger partial charge in [-0.3, -0.25) is 4.57 Å². The molecule has 0 amide bonds. The first kappa shape index (κ1) is 16.3. The first-order chi connectivity index (χ1) is 12.0. The van der Waals surface area contributed by atoms with Crippen molar-refractivity contribution in [2.45, 2.75) is 6.16 Å². The van der Waals surface area contributed by atoms with Crippen molar-refractivity contribution in [3.8, 4) is 5.75 Å². The van der Waals surface area contributed by atoms with Crippen LogP contribution >= 0.6 is 7.60 Å². The summed E-state index contributed by atoms with van der Waals surface area (Å²) in [5, 5.41) is 14.8. The Morgan fingerprint density at radius 1 is 0.920 bits per heavy atom. The minimum Gasteiger partial charge on any atom is -0.491 e. The Hall–Kier alpha value is -2.17. The highest BCUT2D eigenvalue weighted by molar-refractivity contribution is 7.50. The van der Waals surface area contributed by atoms with E-state index in [1.807, 2.05) is 42.5 Å². The van der Waals surface area contributed by atoms with E-state index < -0.39 is 7.60 Å². The number of ether oxygens (including phenoxy) is 1. The van der Waals surface area contributed by atoms with E-state index in [0.717, 1.165) is 32.3 Å². The molecule has 5 nitrogen and oxygen atoms in total. The number of hydrogen-bond acceptors (Lipinski definition) is 3. The number of aliphatic hydroxyl groups is 1. The lowest BCUT2D eigenvalue weighted by Crippen LogP contribution is -2.02. The van der Waals surface area contributed by atoms with E-state index in [-0.39, 0.29) is 19.4 Å². The fourth-order valence-electron chi connectivity index (χ4n) is 3.49. The van der Waals surface area contributed by atoms with Crippen molar-refractivity contribution < 1.29 is 24.2 Å². The predicted octanol–water partition coefficient (Wildman–Crippen LogP) is 3.63. The smallest absolute Gasteiger partial charge is 0.329 e. The highest BCUT2D eigenvalue weighted by atomic mass is 31.2. The summed E-state index contributed by atoms with van der Waals surface area (Å²) in [6.45, 7) is 0.148. The lowest BCUT2D eigenvalue weighted by atomic mass is 9.92. The molecule has 0 aromatic heterocycles. The minimum atomic E-state index is -4.16. The van der Waals surface area contributed by atoms with Crippen LogP contribution in [-0.2, 0) is 10.7 Å². The van der Waals surface area contributed by atoms with Crippen LogP contribution in [0.25, 0.3) is 32.3 Å². The van der Waals surface area contributed by atoms with Gasteiger partial charge in [0.05, 0.1) is 12.8 Å². The third-order valence-electron chi connectivity index (χ3n) is 4.42. The molecule has 0 saturated heterocycles. The molecule has 4 aromatic rings. The van der Waals surface area contributed by atoms with Crippen molar-refractivity contribution in [2.75, 3.05) is 13.2 Å². The molecule has 3 N–H and O–H groups in total. The zero-order chi connectivity index (χ0) is 17.6. The summed E-state index contributed by atoms with van der Waals surface area (Å²) in [5.41, 5.74) is 0.636. The molecule has 0 aliphatic rings. The molecule has 0 aliphatic heterocycles. The van der Waals surface area contributed by atoms with E-state index in [1.165, 1.54) is 0 Å². The summed E-state index contributed by atoms with van der Waals surface area (Å²) in [7, 11) is -4.16. The fraction of sp³-hybridized carbons (Fsp3) is 0.158. The molecule has 128 valence electrons. The van der Waals surface area contributed by atoms with Crippen LogP contribution in [0.3, 0.4) is 0 Å². The highest BCUT2D eigenvalue weighted by Crippen LogP contribution is 2.45. The molecule has 0 atom stereocenters. The summed E-state index contributed by atoms with van der Waals surface area (Å²) < 4.78 is 17.2. The van der Waals surface area contributed by atoms with Gasteiger partial charge in [0.15, 0.2) is 0 Å². The number of rotatable bonds is 5. The van der Waals surface area contributed by atoms with Gasteiger partial charge in [-0.2, -0.15) is 0 Å². The van der Waals surface area contributed by atoms with E-state index in [4.69, 9.17) is 9.84 Å². The Balaban J connectivity index is 2.08. The second-order valence-corrected chi connectivity index (χ2v) is 7.75. The van der Waals surface area contributed by atoms with Crippen LogP contribution in [0.4, 0.5) is 0 Å². The van der Waals surface area contributed by atoms with Gasteiger partial charge in [0.25, 0.3) is 0 Å². The second kappa shape index (κ2) is 5.97. The summed E-state index contributed by atoms with van der Waals surface area (Å²) >= 11 is 0. The third-order valence-corrected chi connectivity index (χ3v) is 5.17. The SMILES string of the molecule is O=P(O)(O)Cc1ccc2cc(OCCO)c3cccc4ccc1c2c43. The quantitative estimate of drug-likeness (QED) is 0.375. The molecule has 0 saturated carbocycles. The van der Waals surface area contributed by atoms with E-state index in [1.54, 1.807) is 6.07 Å². The lowest BCUT2D eigenvalue weighted by molar-refractivity contribution is 0.203. The normalized spacial score (nSPS) is 12.4. The van der Waals surface area contributed by atoms with Crippen molar-refractivity contribution in [1.82, 2.24) is 0 Å². The highest BCUT2D eigenvalue weighted by Gasteiger charge is 2.19. The molecule has 4 rings (SSSR count). The van der Waals surface area contributed by atoms with E-state index >= 15 is 0 Å². The van der Waals surface area contributed by atoms with Gasteiger partial charge in [0.1, 0.15) is 12.4 Å². The molecular weight excluding hydrogens is 339 g/mol. The summed E-state index contributed by atoms with van der Waals surface area (Å²) in [4.78, 5) is 18.8. The Morgan fingerprint density at radius 3 is 2.44 bits per heavy atom. The average molecular weight is 356 g/mol. The van der Waals surface area contributed by atoms with Crippen LogP contribution in [0.15, 0.2) is 48.5 Å². The monoisotopic (exact) mass is 356 g/mol. The van der Waals surface area contributed by atoms with Gasteiger partial charge in [0.2, 0.25) is 0 Å². The topological polar surface area (TPSA) is 87.0 Å². The Bertz CT molecular complexity index is 1120. The van der Waals surface area contributed by atoms with E-state index in [9.17, 15) is 14.4 Å². The molecular formula is C19H17O5P. The molecule has 0 radical (unpaired) electrons. The Kier molecular flexibility index (Phi) is 3.89. The van der Waals surface area contributed by atoms with E-state index in [0.29, 0.717) is 11.3 Å². The largest absolute Gasteiger partial charge is 0.491 e. The number of hydrogen-bond donors (Lipinski definition) is 3. The minimum absolute atomic E-state index is 0.0639. The van der Waals surface area contributed by atoms with Gasteiger partial charge in [-0.25, -0.2) is 0 Å². The van der Waals surface area contributed by atoms with Crippen LogP contribution in [0.2, 0.25) is 0 Å². The maximum atomic E-state index is 11.5. The molecule has 0 heterocycles. The predicted molar refractivity (Wildman–Crippen MR) is 98.5 cm³/mol. The standard InChI is InChI=1S/C19H17O5P/c20-8-9-24-17-10-13-4-5-14(11-25(21,22)23)15-7-6-12-2-1-3-16(17)18(12)19(13)15/h1-7,10,20H,8-9,11H2,(H2,21,22,23). The van der Waals surface area contributed by atoms with Crippen LogP contribution in [-0.4, -0.2) is 28.1 Å². The first-order valence-electron chi connectivity index (χ1n) is 7.95. The molecule has 0 unspecified atom stereocenters. The summed E-state index contributed by atoms with van der Waals surface area (Å²) in [6.07, 6.45) is -0.283. The molecule has 0 bridgehead atoms. The molecule has 0 fully saturated rings. The zero-order valence-electron chi connectivity index (χ0n) is 13.3. The third kappa shape index (κ3) is 2.86. The summed E-state index contributed by atoms with van der Waals surface area (Å²) in [5.74, 6) is 0.697. The van der Waals surface area contributed by atoms with Crippen LogP contribution < -0.4 is 4.74 Å². The van der Waals surface area contributed by atoms with Crippen LogP contribution in [0.5, 0.6) is 5.75 Å². The average Bonchev–Trinajstić information content (AvgIpc) is 2.58. The van der Waals surface area contributed by atoms with Crippen LogP contribution in [0.1, 0.15) is 5.56 Å². The molecule has 25 heavy (non-hydrogen) atoms. The van der Waals surface area contributed by atoms with Gasteiger partial charge in [0, 0.05) is 10.8 Å². The maximum absolute atomic E-state index is 11.5.